The summed E-state index contributed by atoms with van der Waals surface area (Å²) in [6, 6.07) is 2.11. The van der Waals surface area contributed by atoms with Crippen molar-refractivity contribution >= 4 is 5.97 Å². The first-order valence-corrected chi connectivity index (χ1v) is 4.61. The average Bonchev–Trinajstić information content (AvgIpc) is 2.16. The van der Waals surface area contributed by atoms with E-state index in [1.807, 2.05) is 0 Å². The Balaban J connectivity index is 3.00. The van der Waals surface area contributed by atoms with Gasteiger partial charge in [0.25, 0.3) is 0 Å². The molecule has 0 aliphatic carbocycles. The van der Waals surface area contributed by atoms with Gasteiger partial charge in [-0.25, -0.2) is 4.39 Å². The van der Waals surface area contributed by atoms with Gasteiger partial charge in [0.15, 0.2) is 0 Å². The Hall–Kier alpha value is -1.88. The molecule has 3 N–H and O–H groups in total. The molecule has 0 aliphatic rings. The predicted molar refractivity (Wildman–Crippen MR) is 56.6 cm³/mol. The number of hydrogen-bond donors (Lipinski definition) is 3. The molecule has 1 rings (SSSR count). The summed E-state index contributed by atoms with van der Waals surface area (Å²) in [5, 5.41) is 20.7. The lowest BCUT2D eigenvalue weighted by Crippen LogP contribution is -2.28. The van der Waals surface area contributed by atoms with Crippen LogP contribution in [0.4, 0.5) is 4.39 Å². The molecule has 0 amide bonds. The first-order valence-electron chi connectivity index (χ1n) is 4.61. The van der Waals surface area contributed by atoms with Gasteiger partial charge in [-0.3, -0.25) is 10.1 Å². The number of rotatable bonds is 5. The Morgan fingerprint density at radius 1 is 1.56 bits per heavy atom. The van der Waals surface area contributed by atoms with E-state index in [1.165, 1.54) is 12.1 Å². The summed E-state index contributed by atoms with van der Waals surface area (Å²) < 4.78 is 13.0. The highest BCUT2D eigenvalue weighted by atomic mass is 19.1. The number of aromatic hydroxyl groups is 1. The van der Waals surface area contributed by atoms with Crippen LogP contribution in [0.25, 0.3) is 0 Å². The lowest BCUT2D eigenvalue weighted by atomic mass is 10.1. The van der Waals surface area contributed by atoms with E-state index < -0.39 is 17.8 Å². The average molecular weight is 225 g/mol. The van der Waals surface area contributed by atoms with Crippen LogP contribution in [0.2, 0.25) is 0 Å². The summed E-state index contributed by atoms with van der Waals surface area (Å²) in [4.78, 5) is 10.9. The normalized spacial score (nSPS) is 12.1. The molecule has 1 unspecified atom stereocenters. The standard InChI is InChI=1S/C11H12FNO3/c1-2-3-13-10(11(15)16)7-4-8(12)6-9(14)5-7/h2,4-6,10,13-14H,1,3H2,(H,15,16). The van der Waals surface area contributed by atoms with Gasteiger partial charge in [-0.15, -0.1) is 6.58 Å². The van der Waals surface area contributed by atoms with Gasteiger partial charge in [-0.1, -0.05) is 6.08 Å². The van der Waals surface area contributed by atoms with Crippen molar-refractivity contribution < 1.29 is 19.4 Å². The molecule has 0 bridgehead atoms. The van der Waals surface area contributed by atoms with E-state index >= 15 is 0 Å². The van der Waals surface area contributed by atoms with Crippen LogP contribution in [0.1, 0.15) is 11.6 Å². The molecule has 0 saturated carbocycles. The molecule has 0 aliphatic heterocycles. The van der Waals surface area contributed by atoms with Gasteiger partial charge in [0.05, 0.1) is 0 Å². The van der Waals surface area contributed by atoms with E-state index in [2.05, 4.69) is 11.9 Å². The molecule has 1 aromatic carbocycles. The number of aliphatic carboxylic acids is 1. The molecule has 4 nitrogen and oxygen atoms in total. The number of carboxylic acid groups (broad SMARTS) is 1. The fraction of sp³-hybridized carbons (Fsp3) is 0.182. The highest BCUT2D eigenvalue weighted by molar-refractivity contribution is 5.75. The van der Waals surface area contributed by atoms with Gasteiger partial charge < -0.3 is 10.2 Å². The van der Waals surface area contributed by atoms with Crippen LogP contribution in [0, 0.1) is 5.82 Å². The molecule has 0 radical (unpaired) electrons. The molecule has 0 fully saturated rings. The number of benzene rings is 1. The largest absolute Gasteiger partial charge is 0.508 e. The molecular weight excluding hydrogens is 213 g/mol. The predicted octanol–water partition coefficient (Wildman–Crippen LogP) is 1.43. The van der Waals surface area contributed by atoms with Crippen molar-refractivity contribution in [2.75, 3.05) is 6.54 Å². The number of phenols is 1. The molecule has 0 heterocycles. The van der Waals surface area contributed by atoms with E-state index in [9.17, 15) is 9.18 Å². The minimum atomic E-state index is -1.15. The molecule has 0 aromatic heterocycles. The molecule has 1 atom stereocenters. The van der Waals surface area contributed by atoms with Crippen LogP contribution in [0.3, 0.4) is 0 Å². The van der Waals surface area contributed by atoms with E-state index in [4.69, 9.17) is 10.2 Å². The molecule has 16 heavy (non-hydrogen) atoms. The number of carbonyl (C=O) groups is 1. The van der Waals surface area contributed by atoms with Crippen molar-refractivity contribution in [2.24, 2.45) is 0 Å². The Morgan fingerprint density at radius 2 is 2.25 bits per heavy atom. The van der Waals surface area contributed by atoms with Crippen molar-refractivity contribution in [1.82, 2.24) is 5.32 Å². The second-order valence-electron chi connectivity index (χ2n) is 3.21. The summed E-state index contributed by atoms with van der Waals surface area (Å²) >= 11 is 0. The Bertz CT molecular complexity index is 386. The zero-order valence-corrected chi connectivity index (χ0v) is 8.48. The maximum Gasteiger partial charge on any atom is 0.325 e. The SMILES string of the molecule is C=CCNC(C(=O)O)c1cc(O)cc(F)c1. The summed E-state index contributed by atoms with van der Waals surface area (Å²) in [6.07, 6.45) is 1.50. The van der Waals surface area contributed by atoms with Crippen molar-refractivity contribution in [1.29, 1.82) is 0 Å². The number of hydrogen-bond acceptors (Lipinski definition) is 3. The summed E-state index contributed by atoms with van der Waals surface area (Å²) in [5.41, 5.74) is 0.159. The Labute approximate surface area is 92.0 Å². The Kier molecular flexibility index (Phi) is 4.02. The summed E-state index contributed by atoms with van der Waals surface area (Å²) in [6.45, 7) is 3.71. The third-order valence-corrected chi connectivity index (χ3v) is 1.95. The lowest BCUT2D eigenvalue weighted by molar-refractivity contribution is -0.139. The minimum Gasteiger partial charge on any atom is -0.508 e. The van der Waals surface area contributed by atoms with E-state index in [-0.39, 0.29) is 17.9 Å². The lowest BCUT2D eigenvalue weighted by Gasteiger charge is -2.13. The highest BCUT2D eigenvalue weighted by Gasteiger charge is 2.19. The van der Waals surface area contributed by atoms with Gasteiger partial charge in [-0.05, 0) is 17.7 Å². The van der Waals surface area contributed by atoms with Gasteiger partial charge in [0.1, 0.15) is 17.6 Å². The zero-order valence-electron chi connectivity index (χ0n) is 8.48. The van der Waals surface area contributed by atoms with Crippen molar-refractivity contribution in [3.05, 3.63) is 42.2 Å². The number of nitrogens with one attached hydrogen (secondary N) is 1. The third-order valence-electron chi connectivity index (χ3n) is 1.95. The van der Waals surface area contributed by atoms with Crippen molar-refractivity contribution in [2.45, 2.75) is 6.04 Å². The molecular formula is C11H12FNO3. The maximum absolute atomic E-state index is 13.0. The number of phenolic OH excluding ortho intramolecular Hbond substituents is 1. The number of carboxylic acids is 1. The van der Waals surface area contributed by atoms with Crippen LogP contribution in [-0.4, -0.2) is 22.7 Å². The topological polar surface area (TPSA) is 69.6 Å². The molecule has 5 heteroatoms. The van der Waals surface area contributed by atoms with E-state index in [0.29, 0.717) is 0 Å². The highest BCUT2D eigenvalue weighted by Crippen LogP contribution is 2.20. The van der Waals surface area contributed by atoms with Gasteiger partial charge in [0, 0.05) is 12.6 Å². The van der Waals surface area contributed by atoms with Crippen LogP contribution in [0.5, 0.6) is 5.75 Å². The van der Waals surface area contributed by atoms with E-state index in [0.717, 1.165) is 12.1 Å². The molecule has 86 valence electrons. The molecule has 1 aromatic rings. The fourth-order valence-electron chi connectivity index (χ4n) is 1.31. The van der Waals surface area contributed by atoms with Crippen LogP contribution >= 0.6 is 0 Å². The fourth-order valence-corrected chi connectivity index (χ4v) is 1.31. The van der Waals surface area contributed by atoms with Crippen LogP contribution in [-0.2, 0) is 4.79 Å². The maximum atomic E-state index is 13.0. The first-order chi connectivity index (χ1) is 7.54. The third kappa shape index (κ3) is 3.06. The van der Waals surface area contributed by atoms with E-state index in [1.54, 1.807) is 0 Å². The number of halogens is 1. The quantitative estimate of drug-likeness (QED) is 0.663. The van der Waals surface area contributed by atoms with Crippen molar-refractivity contribution in [3.63, 3.8) is 0 Å². The summed E-state index contributed by atoms with van der Waals surface area (Å²) in [7, 11) is 0. The Morgan fingerprint density at radius 3 is 2.75 bits per heavy atom. The smallest absolute Gasteiger partial charge is 0.325 e. The van der Waals surface area contributed by atoms with Crippen molar-refractivity contribution in [3.8, 4) is 5.75 Å². The van der Waals surface area contributed by atoms with Gasteiger partial charge >= 0.3 is 5.97 Å². The monoisotopic (exact) mass is 225 g/mol. The molecule has 0 saturated heterocycles. The van der Waals surface area contributed by atoms with Crippen LogP contribution in [0.15, 0.2) is 30.9 Å². The minimum absolute atomic E-state index is 0.159. The van der Waals surface area contributed by atoms with Gasteiger partial charge in [0.2, 0.25) is 0 Å². The molecule has 0 spiro atoms. The van der Waals surface area contributed by atoms with Crippen LogP contribution < -0.4 is 5.32 Å². The van der Waals surface area contributed by atoms with Gasteiger partial charge in [-0.2, -0.15) is 0 Å². The second-order valence-corrected chi connectivity index (χ2v) is 3.21. The first kappa shape index (κ1) is 12.2. The second kappa shape index (κ2) is 5.27. The zero-order chi connectivity index (χ0) is 12.1. The summed E-state index contributed by atoms with van der Waals surface area (Å²) in [5.74, 6) is -2.13.